The van der Waals surface area contributed by atoms with Gasteiger partial charge in [0.25, 0.3) is 0 Å². The number of nitrogens with one attached hydrogen (secondary N) is 1. The number of hydrogen-bond acceptors (Lipinski definition) is 3. The second-order valence-corrected chi connectivity index (χ2v) is 4.40. The summed E-state index contributed by atoms with van der Waals surface area (Å²) in [6.07, 6.45) is 3.11. The average molecular weight is 278 g/mol. The van der Waals surface area contributed by atoms with Gasteiger partial charge in [-0.25, -0.2) is 0 Å². The number of amides is 1. The standard InChI is InChI=1S/C13H12ClN3O2/c14-11-2-1-9(7-12(11)15)16-13(19)8-17-5-3-10(18)4-6-17/h1-7H,8,15H2,(H,16,19). The monoisotopic (exact) mass is 277 g/mol. The largest absolute Gasteiger partial charge is 0.397 e. The summed E-state index contributed by atoms with van der Waals surface area (Å²) in [5.74, 6) is -0.217. The third-order valence-electron chi connectivity index (χ3n) is 2.47. The van der Waals surface area contributed by atoms with Crippen LogP contribution in [-0.2, 0) is 11.3 Å². The van der Waals surface area contributed by atoms with Crippen molar-refractivity contribution >= 4 is 28.9 Å². The van der Waals surface area contributed by atoms with Gasteiger partial charge in [0.1, 0.15) is 6.54 Å². The predicted molar refractivity (Wildman–Crippen MR) is 75.2 cm³/mol. The number of halogens is 1. The number of nitrogens with zero attached hydrogens (tertiary/aromatic N) is 1. The minimum atomic E-state index is -0.217. The fraction of sp³-hybridized carbons (Fsp3) is 0.0769. The highest BCUT2D eigenvalue weighted by Crippen LogP contribution is 2.22. The Morgan fingerprint density at radius 3 is 2.58 bits per heavy atom. The van der Waals surface area contributed by atoms with E-state index in [2.05, 4.69) is 5.32 Å². The number of pyridine rings is 1. The molecule has 0 saturated heterocycles. The number of benzene rings is 1. The van der Waals surface area contributed by atoms with Gasteiger partial charge in [-0.1, -0.05) is 11.6 Å². The van der Waals surface area contributed by atoms with Crippen molar-refractivity contribution in [3.63, 3.8) is 0 Å². The lowest BCUT2D eigenvalue weighted by atomic mass is 10.3. The van der Waals surface area contributed by atoms with Crippen LogP contribution in [0.2, 0.25) is 5.02 Å². The zero-order valence-corrected chi connectivity index (χ0v) is 10.7. The Morgan fingerprint density at radius 1 is 1.26 bits per heavy atom. The fourth-order valence-electron chi connectivity index (χ4n) is 1.54. The minimum Gasteiger partial charge on any atom is -0.397 e. The molecular weight excluding hydrogens is 266 g/mol. The van der Waals surface area contributed by atoms with Crippen molar-refractivity contribution in [3.05, 3.63) is 58.0 Å². The Morgan fingerprint density at radius 2 is 1.95 bits per heavy atom. The van der Waals surface area contributed by atoms with E-state index in [0.717, 1.165) is 0 Å². The summed E-state index contributed by atoms with van der Waals surface area (Å²) < 4.78 is 1.61. The van der Waals surface area contributed by atoms with E-state index in [4.69, 9.17) is 17.3 Å². The first kappa shape index (κ1) is 13.2. The molecule has 1 aromatic carbocycles. The molecule has 1 heterocycles. The van der Waals surface area contributed by atoms with Crippen LogP contribution in [0.15, 0.2) is 47.5 Å². The van der Waals surface area contributed by atoms with Crippen LogP contribution in [-0.4, -0.2) is 10.5 Å². The maximum atomic E-state index is 11.8. The lowest BCUT2D eigenvalue weighted by molar-refractivity contribution is -0.116. The molecule has 1 amide bonds. The van der Waals surface area contributed by atoms with E-state index in [1.807, 2.05) is 0 Å². The smallest absolute Gasteiger partial charge is 0.244 e. The van der Waals surface area contributed by atoms with Crippen LogP contribution in [0.4, 0.5) is 11.4 Å². The van der Waals surface area contributed by atoms with Crippen LogP contribution >= 0.6 is 11.6 Å². The molecule has 6 heteroatoms. The van der Waals surface area contributed by atoms with E-state index in [1.54, 1.807) is 35.2 Å². The van der Waals surface area contributed by atoms with Crippen LogP contribution < -0.4 is 16.5 Å². The fourth-order valence-corrected chi connectivity index (χ4v) is 1.65. The van der Waals surface area contributed by atoms with Gasteiger partial charge in [-0.2, -0.15) is 0 Å². The summed E-state index contributed by atoms with van der Waals surface area (Å²) in [6.45, 7) is 0.114. The molecule has 0 spiro atoms. The van der Waals surface area contributed by atoms with Crippen molar-refractivity contribution in [2.75, 3.05) is 11.1 Å². The minimum absolute atomic E-state index is 0.0952. The number of hydrogen-bond donors (Lipinski definition) is 2. The molecule has 2 aromatic rings. The number of nitrogen functional groups attached to an aromatic ring is 1. The number of aromatic nitrogens is 1. The van der Waals surface area contributed by atoms with Crippen LogP contribution in [0.25, 0.3) is 0 Å². The summed E-state index contributed by atoms with van der Waals surface area (Å²) in [6, 6.07) is 7.67. The van der Waals surface area contributed by atoms with Gasteiger partial charge in [0, 0.05) is 30.2 Å². The zero-order valence-electron chi connectivity index (χ0n) is 9.97. The van der Waals surface area contributed by atoms with Crippen LogP contribution in [0.5, 0.6) is 0 Å². The Kier molecular flexibility index (Phi) is 3.87. The third-order valence-corrected chi connectivity index (χ3v) is 2.81. The molecule has 0 aliphatic rings. The van der Waals surface area contributed by atoms with Gasteiger partial charge in [-0.3, -0.25) is 9.59 Å². The van der Waals surface area contributed by atoms with Gasteiger partial charge in [0.2, 0.25) is 5.91 Å². The van der Waals surface area contributed by atoms with E-state index < -0.39 is 0 Å². The first-order valence-corrected chi connectivity index (χ1v) is 5.93. The Hall–Kier alpha value is -2.27. The van der Waals surface area contributed by atoms with Crippen molar-refractivity contribution in [1.82, 2.24) is 4.57 Å². The van der Waals surface area contributed by atoms with Gasteiger partial charge in [-0.15, -0.1) is 0 Å². The molecule has 5 nitrogen and oxygen atoms in total. The second-order valence-electron chi connectivity index (χ2n) is 3.99. The topological polar surface area (TPSA) is 77.1 Å². The zero-order chi connectivity index (χ0) is 13.8. The van der Waals surface area contributed by atoms with E-state index >= 15 is 0 Å². The summed E-state index contributed by atoms with van der Waals surface area (Å²) in [4.78, 5) is 22.7. The van der Waals surface area contributed by atoms with Crippen molar-refractivity contribution in [2.45, 2.75) is 6.54 Å². The average Bonchev–Trinajstić information content (AvgIpc) is 2.37. The Labute approximate surface area is 114 Å². The molecule has 1 aromatic heterocycles. The van der Waals surface area contributed by atoms with Crippen molar-refractivity contribution < 1.29 is 4.79 Å². The molecule has 0 aliphatic carbocycles. The van der Waals surface area contributed by atoms with Gasteiger partial charge < -0.3 is 15.6 Å². The molecule has 0 aliphatic heterocycles. The maximum Gasteiger partial charge on any atom is 0.244 e. The van der Waals surface area contributed by atoms with E-state index in [9.17, 15) is 9.59 Å². The van der Waals surface area contributed by atoms with Crippen LogP contribution in [0.3, 0.4) is 0 Å². The van der Waals surface area contributed by atoms with E-state index in [0.29, 0.717) is 16.4 Å². The van der Waals surface area contributed by atoms with Crippen molar-refractivity contribution in [3.8, 4) is 0 Å². The molecule has 0 atom stereocenters. The molecule has 98 valence electrons. The molecular formula is C13H12ClN3O2. The van der Waals surface area contributed by atoms with Gasteiger partial charge in [0.15, 0.2) is 5.43 Å². The quantitative estimate of drug-likeness (QED) is 0.839. The van der Waals surface area contributed by atoms with Gasteiger partial charge in [-0.05, 0) is 18.2 Å². The number of carbonyl (C=O) groups is 1. The number of nitrogens with two attached hydrogens (primary N) is 1. The van der Waals surface area contributed by atoms with Crippen LogP contribution in [0, 0.1) is 0 Å². The molecule has 0 unspecified atom stereocenters. The molecule has 3 N–H and O–H groups in total. The molecule has 2 rings (SSSR count). The molecule has 19 heavy (non-hydrogen) atoms. The maximum absolute atomic E-state index is 11.8. The number of carbonyl (C=O) groups excluding carboxylic acids is 1. The highest BCUT2D eigenvalue weighted by molar-refractivity contribution is 6.33. The molecule has 0 fully saturated rings. The molecule has 0 bridgehead atoms. The lowest BCUT2D eigenvalue weighted by Crippen LogP contribution is -2.19. The summed E-state index contributed by atoms with van der Waals surface area (Å²) in [5.41, 5.74) is 6.53. The molecule has 0 saturated carbocycles. The van der Waals surface area contributed by atoms with Gasteiger partial charge in [0.05, 0.1) is 10.7 Å². The van der Waals surface area contributed by atoms with Crippen LogP contribution in [0.1, 0.15) is 0 Å². The Bertz CT molecular complexity index is 647. The lowest BCUT2D eigenvalue weighted by Gasteiger charge is -2.08. The van der Waals surface area contributed by atoms with E-state index in [1.165, 1.54) is 12.1 Å². The number of anilines is 2. The highest BCUT2D eigenvalue weighted by atomic mass is 35.5. The second kappa shape index (κ2) is 5.58. The third kappa shape index (κ3) is 3.59. The Balaban J connectivity index is 2.03. The predicted octanol–water partition coefficient (Wildman–Crippen LogP) is 1.72. The van der Waals surface area contributed by atoms with Gasteiger partial charge >= 0.3 is 0 Å². The molecule has 0 radical (unpaired) electrons. The van der Waals surface area contributed by atoms with Crippen molar-refractivity contribution in [2.24, 2.45) is 0 Å². The van der Waals surface area contributed by atoms with Crippen molar-refractivity contribution in [1.29, 1.82) is 0 Å². The van der Waals surface area contributed by atoms with E-state index in [-0.39, 0.29) is 17.9 Å². The first-order chi connectivity index (χ1) is 9.04. The number of rotatable bonds is 3. The summed E-state index contributed by atoms with van der Waals surface area (Å²) in [5, 5.41) is 3.14. The normalized spacial score (nSPS) is 10.2. The summed E-state index contributed by atoms with van der Waals surface area (Å²) in [7, 11) is 0. The SMILES string of the molecule is Nc1cc(NC(=O)Cn2ccc(=O)cc2)ccc1Cl. The summed E-state index contributed by atoms with van der Waals surface area (Å²) >= 11 is 5.79. The first-order valence-electron chi connectivity index (χ1n) is 5.55. The highest BCUT2D eigenvalue weighted by Gasteiger charge is 2.04.